The fraction of sp³-hybridized carbons (Fsp3) is 0.423. The molecule has 2 aromatic rings. The molecule has 0 radical (unpaired) electrons. The number of carboxylic acids is 1. The molecule has 158 valence electrons. The van der Waals surface area contributed by atoms with E-state index in [-0.39, 0.29) is 0 Å². The number of carboxylic acid groups (broad SMARTS) is 1. The van der Waals surface area contributed by atoms with E-state index in [1.54, 1.807) is 0 Å². The highest BCUT2D eigenvalue weighted by Crippen LogP contribution is 2.36. The first-order valence-corrected chi connectivity index (χ1v) is 11.9. The fourth-order valence-corrected chi connectivity index (χ4v) is 5.47. The van der Waals surface area contributed by atoms with Crippen LogP contribution in [-0.2, 0) is 17.6 Å². The van der Waals surface area contributed by atoms with Crippen LogP contribution in [0.15, 0.2) is 53.0 Å². The smallest absolute Gasteiger partial charge is 0.303 e. The summed E-state index contributed by atoms with van der Waals surface area (Å²) in [6.07, 6.45) is 9.01. The van der Waals surface area contributed by atoms with Crippen LogP contribution in [0.3, 0.4) is 0 Å². The zero-order chi connectivity index (χ0) is 20.9. The highest BCUT2D eigenvalue weighted by atomic mass is 79.9. The lowest BCUT2D eigenvalue weighted by molar-refractivity contribution is -0.137. The molecule has 1 aliphatic carbocycles. The topological polar surface area (TPSA) is 40.5 Å². The minimum atomic E-state index is -0.667. The maximum Gasteiger partial charge on any atom is 0.303 e. The maximum atomic E-state index is 10.8. The second-order valence-electron chi connectivity index (χ2n) is 8.55. The Morgan fingerprint density at radius 1 is 1.07 bits per heavy atom. The van der Waals surface area contributed by atoms with E-state index in [0.717, 1.165) is 58.2 Å². The second kappa shape index (κ2) is 9.93. The molecule has 0 aromatic heterocycles. The number of fused-ring (bicyclic) bond motifs is 2. The summed E-state index contributed by atoms with van der Waals surface area (Å²) in [5, 5.41) is 8.89. The molecule has 3 nitrogen and oxygen atoms in total. The molecule has 1 heterocycles. The third kappa shape index (κ3) is 5.04. The predicted molar refractivity (Wildman–Crippen MR) is 126 cm³/mol. The van der Waals surface area contributed by atoms with Gasteiger partial charge in [-0.15, -0.1) is 0 Å². The van der Waals surface area contributed by atoms with Crippen molar-refractivity contribution < 1.29 is 9.90 Å². The summed E-state index contributed by atoms with van der Waals surface area (Å²) < 4.78 is 1.21. The van der Waals surface area contributed by atoms with Gasteiger partial charge in [0.2, 0.25) is 0 Å². The van der Waals surface area contributed by atoms with Crippen LogP contribution in [0.25, 0.3) is 5.57 Å². The van der Waals surface area contributed by atoms with Gasteiger partial charge in [-0.2, -0.15) is 0 Å². The van der Waals surface area contributed by atoms with Crippen molar-refractivity contribution in [2.75, 3.05) is 19.6 Å². The molecular weight excluding hydrogens is 438 g/mol. The molecule has 0 spiro atoms. The first-order chi connectivity index (χ1) is 14.6. The number of hydrogen-bond acceptors (Lipinski definition) is 2. The number of rotatable bonds is 6. The molecule has 0 bridgehead atoms. The van der Waals surface area contributed by atoms with Crippen LogP contribution in [0.5, 0.6) is 0 Å². The lowest BCUT2D eigenvalue weighted by Gasteiger charge is -2.31. The number of aliphatic carboxylic acids is 1. The van der Waals surface area contributed by atoms with Gasteiger partial charge in [-0.1, -0.05) is 58.4 Å². The van der Waals surface area contributed by atoms with E-state index in [2.05, 4.69) is 69.4 Å². The van der Waals surface area contributed by atoms with Crippen LogP contribution in [0.1, 0.15) is 54.4 Å². The van der Waals surface area contributed by atoms with E-state index in [1.807, 2.05) is 0 Å². The van der Waals surface area contributed by atoms with Crippen molar-refractivity contribution in [3.05, 3.63) is 75.3 Å². The van der Waals surface area contributed by atoms with Crippen LogP contribution in [0.2, 0.25) is 0 Å². The quantitative estimate of drug-likeness (QED) is 0.570. The number of piperidine rings is 1. The van der Waals surface area contributed by atoms with Crippen LogP contribution in [-0.4, -0.2) is 35.6 Å². The van der Waals surface area contributed by atoms with Crippen molar-refractivity contribution in [2.45, 2.75) is 44.9 Å². The van der Waals surface area contributed by atoms with E-state index in [1.165, 1.54) is 32.3 Å². The van der Waals surface area contributed by atoms with Crippen molar-refractivity contribution in [1.29, 1.82) is 0 Å². The monoisotopic (exact) mass is 467 g/mol. The molecule has 2 aromatic carbocycles. The van der Waals surface area contributed by atoms with Crippen LogP contribution >= 0.6 is 15.9 Å². The minimum absolute atomic E-state index is 0.311. The average molecular weight is 468 g/mol. The fourth-order valence-electron chi connectivity index (χ4n) is 4.91. The lowest BCUT2D eigenvalue weighted by atomic mass is 9.91. The Morgan fingerprint density at radius 3 is 2.63 bits per heavy atom. The molecule has 0 amide bonds. The van der Waals surface area contributed by atoms with Gasteiger partial charge >= 0.3 is 5.97 Å². The van der Waals surface area contributed by atoms with Gasteiger partial charge in [-0.3, -0.25) is 4.79 Å². The first kappa shape index (κ1) is 21.3. The van der Waals surface area contributed by atoms with Crippen molar-refractivity contribution in [3.63, 3.8) is 0 Å². The second-order valence-corrected chi connectivity index (χ2v) is 9.40. The SMILES string of the molecule is O=C(O)CCC1CCN(CC/C=C2/c3ccccc3CCc3c(Br)cccc32)CC1. The summed E-state index contributed by atoms with van der Waals surface area (Å²) in [6, 6.07) is 15.4. The predicted octanol–water partition coefficient (Wildman–Crippen LogP) is 5.95. The molecule has 2 aliphatic rings. The number of aryl methyl sites for hydroxylation is 1. The van der Waals surface area contributed by atoms with Crippen molar-refractivity contribution >= 4 is 27.5 Å². The molecule has 0 unspecified atom stereocenters. The van der Waals surface area contributed by atoms with Crippen molar-refractivity contribution in [1.82, 2.24) is 4.90 Å². The van der Waals surface area contributed by atoms with E-state index in [9.17, 15) is 4.79 Å². The molecule has 4 rings (SSSR count). The molecule has 1 saturated heterocycles. The molecule has 0 atom stereocenters. The number of carbonyl (C=O) groups is 1. The highest BCUT2D eigenvalue weighted by molar-refractivity contribution is 9.10. The van der Waals surface area contributed by atoms with E-state index >= 15 is 0 Å². The maximum absolute atomic E-state index is 10.8. The van der Waals surface area contributed by atoms with E-state index in [4.69, 9.17) is 5.11 Å². The summed E-state index contributed by atoms with van der Waals surface area (Å²) >= 11 is 3.77. The minimum Gasteiger partial charge on any atom is -0.481 e. The summed E-state index contributed by atoms with van der Waals surface area (Å²) in [7, 11) is 0. The van der Waals surface area contributed by atoms with Gasteiger partial charge < -0.3 is 10.0 Å². The first-order valence-electron chi connectivity index (χ1n) is 11.1. The molecule has 30 heavy (non-hydrogen) atoms. The van der Waals surface area contributed by atoms with Gasteiger partial charge in [0.05, 0.1) is 0 Å². The van der Waals surface area contributed by atoms with Gasteiger partial charge in [-0.25, -0.2) is 0 Å². The molecule has 1 fully saturated rings. The Morgan fingerprint density at radius 2 is 1.83 bits per heavy atom. The van der Waals surface area contributed by atoms with Crippen molar-refractivity contribution in [2.24, 2.45) is 5.92 Å². The molecule has 0 saturated carbocycles. The molecule has 1 aliphatic heterocycles. The number of benzene rings is 2. The Balaban J connectivity index is 1.45. The van der Waals surface area contributed by atoms with Gasteiger partial charge in [0, 0.05) is 17.4 Å². The van der Waals surface area contributed by atoms with E-state index < -0.39 is 5.97 Å². The Kier molecular flexibility index (Phi) is 7.06. The summed E-state index contributed by atoms with van der Waals surface area (Å²) in [6.45, 7) is 3.25. The van der Waals surface area contributed by atoms with Crippen LogP contribution in [0.4, 0.5) is 0 Å². The molecule has 1 N–H and O–H groups in total. The van der Waals surface area contributed by atoms with Crippen LogP contribution < -0.4 is 0 Å². The Bertz CT molecular complexity index is 928. The average Bonchev–Trinajstić information content (AvgIpc) is 2.91. The van der Waals surface area contributed by atoms with Gasteiger partial charge in [0.1, 0.15) is 0 Å². The zero-order valence-corrected chi connectivity index (χ0v) is 19.0. The zero-order valence-electron chi connectivity index (χ0n) is 17.4. The van der Waals surface area contributed by atoms with Crippen LogP contribution in [0, 0.1) is 5.92 Å². The number of halogens is 1. The van der Waals surface area contributed by atoms with Crippen molar-refractivity contribution in [3.8, 4) is 0 Å². The largest absolute Gasteiger partial charge is 0.481 e. The standard InChI is InChI=1S/C26H30BrNO2/c27-25-9-3-7-23-22(21-6-2-1-5-20(21)11-12-24(23)25)8-4-16-28-17-14-19(15-18-28)10-13-26(29)30/h1-3,5-9,19H,4,10-18H2,(H,29,30)/b22-8-. The Labute approximate surface area is 187 Å². The number of likely N-dealkylation sites (tertiary alicyclic amines) is 1. The Hall–Kier alpha value is -1.91. The molecule has 4 heteroatoms. The van der Waals surface area contributed by atoms with Gasteiger partial charge in [-0.05, 0) is 91.4 Å². The molecular formula is C26H30BrNO2. The third-order valence-corrected chi connectivity index (χ3v) is 7.37. The summed E-state index contributed by atoms with van der Waals surface area (Å²) in [5.41, 5.74) is 6.96. The number of nitrogens with zero attached hydrogens (tertiary/aromatic N) is 1. The summed E-state index contributed by atoms with van der Waals surface area (Å²) in [4.78, 5) is 13.3. The normalized spacial score (nSPS) is 18.6. The van der Waals surface area contributed by atoms with Gasteiger partial charge in [0.15, 0.2) is 0 Å². The highest BCUT2D eigenvalue weighted by Gasteiger charge is 2.21. The number of hydrogen-bond donors (Lipinski definition) is 1. The summed E-state index contributed by atoms with van der Waals surface area (Å²) in [5.74, 6) is -0.0895. The third-order valence-electron chi connectivity index (χ3n) is 6.63. The lowest BCUT2D eigenvalue weighted by Crippen LogP contribution is -2.34. The van der Waals surface area contributed by atoms with Gasteiger partial charge in [0.25, 0.3) is 0 Å². The van der Waals surface area contributed by atoms with E-state index in [0.29, 0.717) is 12.3 Å².